The highest BCUT2D eigenvalue weighted by Gasteiger charge is 2.53. The second kappa shape index (κ2) is 5.08. The van der Waals surface area contributed by atoms with Gasteiger partial charge in [-0.1, -0.05) is 20.8 Å². The van der Waals surface area contributed by atoms with E-state index < -0.39 is 0 Å². The molecule has 0 aromatic heterocycles. The molecule has 1 aliphatic rings. The van der Waals surface area contributed by atoms with Crippen molar-refractivity contribution in [3.8, 4) is 0 Å². The van der Waals surface area contributed by atoms with E-state index in [4.69, 9.17) is 15.0 Å². The zero-order valence-electron chi connectivity index (χ0n) is 12.2. The van der Waals surface area contributed by atoms with Crippen LogP contribution in [0.15, 0.2) is 0 Å². The second-order valence-electron chi connectivity index (χ2n) is 7.05. The van der Waals surface area contributed by atoms with Crippen LogP contribution in [0.5, 0.6) is 0 Å². The summed E-state index contributed by atoms with van der Waals surface area (Å²) in [7, 11) is -0.288. The van der Waals surface area contributed by atoms with Gasteiger partial charge in [-0.2, -0.15) is 0 Å². The molecule has 0 unspecified atom stereocenters. The number of halogens is 1. The van der Waals surface area contributed by atoms with Crippen molar-refractivity contribution >= 4 is 19.5 Å². The Bertz CT molecular complexity index is 248. The van der Waals surface area contributed by atoms with Gasteiger partial charge in [0.2, 0.25) is 0 Å². The SMILES string of the molecule is CC(C)(C)C[C@H](N)B1OC(C)(C)C(C)(C)O1.Cl. The van der Waals surface area contributed by atoms with Crippen LogP contribution in [-0.4, -0.2) is 24.3 Å². The van der Waals surface area contributed by atoms with Crippen molar-refractivity contribution in [1.29, 1.82) is 0 Å². The Balaban J connectivity index is 0.00000256. The molecule has 17 heavy (non-hydrogen) atoms. The van der Waals surface area contributed by atoms with Crippen molar-refractivity contribution in [2.24, 2.45) is 11.1 Å². The molecule has 0 saturated carbocycles. The summed E-state index contributed by atoms with van der Waals surface area (Å²) in [4.78, 5) is 0. The molecular formula is C12H27BClNO2. The summed E-state index contributed by atoms with van der Waals surface area (Å²) in [5.41, 5.74) is 5.79. The van der Waals surface area contributed by atoms with Crippen LogP contribution >= 0.6 is 12.4 Å². The standard InChI is InChI=1S/C12H26BNO2.ClH/c1-10(2,3)8-9(14)13-15-11(4,5)12(6,7)16-13;/h9H,8,14H2,1-7H3;1H/t9-;/m0./s1. The number of hydrogen-bond donors (Lipinski definition) is 1. The Kier molecular flexibility index (Phi) is 5.15. The minimum atomic E-state index is -0.288. The molecule has 1 rings (SSSR count). The van der Waals surface area contributed by atoms with E-state index in [0.29, 0.717) is 0 Å². The molecule has 1 fully saturated rings. The molecule has 0 amide bonds. The van der Waals surface area contributed by atoms with Gasteiger partial charge in [0, 0.05) is 5.94 Å². The van der Waals surface area contributed by atoms with Gasteiger partial charge < -0.3 is 15.0 Å². The minimum Gasteiger partial charge on any atom is -0.402 e. The Labute approximate surface area is 112 Å². The number of hydrogen-bond acceptors (Lipinski definition) is 3. The molecule has 1 saturated heterocycles. The van der Waals surface area contributed by atoms with Crippen molar-refractivity contribution in [3.63, 3.8) is 0 Å². The summed E-state index contributed by atoms with van der Waals surface area (Å²) >= 11 is 0. The minimum absolute atomic E-state index is 0. The molecule has 0 aromatic rings. The number of rotatable bonds is 2. The highest BCUT2D eigenvalue weighted by molar-refractivity contribution is 6.47. The lowest BCUT2D eigenvalue weighted by atomic mass is 9.71. The average molecular weight is 264 g/mol. The van der Waals surface area contributed by atoms with Gasteiger partial charge in [-0.25, -0.2) is 0 Å². The maximum absolute atomic E-state index is 6.16. The predicted octanol–water partition coefficient (Wildman–Crippen LogP) is 2.80. The molecule has 1 atom stereocenters. The summed E-state index contributed by atoms with van der Waals surface area (Å²) in [5, 5.41) is 0. The van der Waals surface area contributed by atoms with Crippen LogP contribution in [0.2, 0.25) is 0 Å². The van der Waals surface area contributed by atoms with E-state index in [-0.39, 0.29) is 42.1 Å². The van der Waals surface area contributed by atoms with Crippen molar-refractivity contribution in [1.82, 2.24) is 0 Å². The Morgan fingerprint density at radius 1 is 1.06 bits per heavy atom. The molecule has 1 aliphatic heterocycles. The first-order valence-electron chi connectivity index (χ1n) is 6.06. The predicted molar refractivity (Wildman–Crippen MR) is 75.4 cm³/mol. The highest BCUT2D eigenvalue weighted by atomic mass is 35.5. The molecular weight excluding hydrogens is 236 g/mol. The fourth-order valence-electron chi connectivity index (χ4n) is 1.87. The van der Waals surface area contributed by atoms with Gasteiger partial charge in [-0.15, -0.1) is 12.4 Å². The van der Waals surface area contributed by atoms with Gasteiger partial charge in [-0.05, 0) is 39.5 Å². The topological polar surface area (TPSA) is 44.5 Å². The average Bonchev–Trinajstić information content (AvgIpc) is 2.17. The lowest BCUT2D eigenvalue weighted by molar-refractivity contribution is 0.00578. The maximum atomic E-state index is 6.16. The van der Waals surface area contributed by atoms with Crippen LogP contribution in [0.3, 0.4) is 0 Å². The lowest BCUT2D eigenvalue weighted by Gasteiger charge is -2.32. The molecule has 0 bridgehead atoms. The van der Waals surface area contributed by atoms with Gasteiger partial charge >= 0.3 is 7.12 Å². The summed E-state index contributed by atoms with van der Waals surface area (Å²) in [6.07, 6.45) is 0.893. The fourth-order valence-corrected chi connectivity index (χ4v) is 1.87. The third kappa shape index (κ3) is 4.13. The molecule has 0 spiro atoms. The third-order valence-corrected chi connectivity index (χ3v) is 3.47. The van der Waals surface area contributed by atoms with Gasteiger partial charge in [0.05, 0.1) is 11.2 Å². The Morgan fingerprint density at radius 3 is 1.71 bits per heavy atom. The lowest BCUT2D eigenvalue weighted by Crippen LogP contribution is -2.43. The second-order valence-corrected chi connectivity index (χ2v) is 7.05. The first-order chi connectivity index (χ1) is 6.95. The maximum Gasteiger partial charge on any atom is 0.475 e. The monoisotopic (exact) mass is 263 g/mol. The summed E-state index contributed by atoms with van der Waals surface area (Å²) < 4.78 is 11.8. The zero-order chi connectivity index (χ0) is 12.8. The Morgan fingerprint density at radius 2 is 1.41 bits per heavy atom. The third-order valence-electron chi connectivity index (χ3n) is 3.47. The summed E-state index contributed by atoms with van der Waals surface area (Å²) in [6.45, 7) is 14.7. The fraction of sp³-hybridized carbons (Fsp3) is 1.00. The van der Waals surface area contributed by atoms with Gasteiger partial charge in [-0.3, -0.25) is 0 Å². The van der Waals surface area contributed by atoms with Crippen LogP contribution < -0.4 is 5.73 Å². The molecule has 0 aliphatic carbocycles. The smallest absolute Gasteiger partial charge is 0.402 e. The van der Waals surface area contributed by atoms with E-state index in [1.165, 1.54) is 0 Å². The molecule has 1 heterocycles. The van der Waals surface area contributed by atoms with Gasteiger partial charge in [0.25, 0.3) is 0 Å². The van der Waals surface area contributed by atoms with Crippen LogP contribution in [0, 0.1) is 5.41 Å². The van der Waals surface area contributed by atoms with Crippen molar-refractivity contribution < 1.29 is 9.31 Å². The van der Waals surface area contributed by atoms with Crippen molar-refractivity contribution in [2.75, 3.05) is 0 Å². The molecule has 2 N–H and O–H groups in total. The van der Waals surface area contributed by atoms with Crippen molar-refractivity contribution in [3.05, 3.63) is 0 Å². The quantitative estimate of drug-likeness (QED) is 0.779. The van der Waals surface area contributed by atoms with Crippen molar-refractivity contribution in [2.45, 2.75) is 72.0 Å². The van der Waals surface area contributed by atoms with Crippen LogP contribution in [-0.2, 0) is 9.31 Å². The highest BCUT2D eigenvalue weighted by Crippen LogP contribution is 2.38. The molecule has 0 radical (unpaired) electrons. The molecule has 3 nitrogen and oxygen atoms in total. The first kappa shape index (κ1) is 17.2. The summed E-state index contributed by atoms with van der Waals surface area (Å²) in [6, 6.07) is 0. The molecule has 0 aromatic carbocycles. The van der Waals surface area contributed by atoms with Gasteiger partial charge in [0.15, 0.2) is 0 Å². The first-order valence-corrected chi connectivity index (χ1v) is 6.06. The van der Waals surface area contributed by atoms with Crippen LogP contribution in [0.4, 0.5) is 0 Å². The molecule has 102 valence electrons. The number of nitrogens with two attached hydrogens (primary N) is 1. The van der Waals surface area contributed by atoms with Gasteiger partial charge in [0.1, 0.15) is 0 Å². The molecule has 5 heteroatoms. The van der Waals surface area contributed by atoms with E-state index in [1.54, 1.807) is 0 Å². The van der Waals surface area contributed by atoms with E-state index in [1.807, 2.05) is 0 Å². The van der Waals surface area contributed by atoms with Crippen LogP contribution in [0.1, 0.15) is 54.9 Å². The zero-order valence-corrected chi connectivity index (χ0v) is 13.0. The van der Waals surface area contributed by atoms with E-state index in [0.717, 1.165) is 6.42 Å². The van der Waals surface area contributed by atoms with E-state index in [9.17, 15) is 0 Å². The van der Waals surface area contributed by atoms with E-state index >= 15 is 0 Å². The summed E-state index contributed by atoms with van der Waals surface area (Å²) in [5.74, 6) is -0.0685. The Hall–Kier alpha value is 0.235. The largest absolute Gasteiger partial charge is 0.475 e. The van der Waals surface area contributed by atoms with E-state index in [2.05, 4.69) is 48.5 Å². The normalized spacial score (nSPS) is 24.4. The van der Waals surface area contributed by atoms with Crippen LogP contribution in [0.25, 0.3) is 0 Å².